The number of aryl methyl sites for hydroxylation is 1. The Bertz CT molecular complexity index is 1700. The molecule has 3 aromatic rings. The molecular weight excluding hydrogens is 571 g/mol. The second-order valence-electron chi connectivity index (χ2n) is 9.61. The SMILES string of the molecule is C=N/C(=C\C=C(/C)C(F)(F)F)C(=O)N1CCN(C(=O)c2ccc(NS(=O)(=O)c3cccc4cccnc34)c(C)c2)CC1. The van der Waals surface area contributed by atoms with Crippen molar-refractivity contribution in [3.05, 3.63) is 89.3 Å². The highest BCUT2D eigenvalue weighted by atomic mass is 32.2. The van der Waals surface area contributed by atoms with Crippen LogP contribution in [0.2, 0.25) is 0 Å². The number of nitrogens with one attached hydrogen (secondary N) is 1. The molecule has 0 radical (unpaired) electrons. The zero-order valence-corrected chi connectivity index (χ0v) is 23.7. The standard InChI is InChI=1S/C29H28F3N5O4S/c1-19-18-22(10-12-23(19)35-42(40,41)25-8-4-6-21-7-5-13-34-26(21)25)27(38)36-14-16-37(17-15-36)28(39)24(33-3)11-9-20(2)29(30,31)32/h4-13,18,35H,3,14-17H2,1-2H3/b20-9+,24-11-. The van der Waals surface area contributed by atoms with E-state index in [2.05, 4.69) is 21.4 Å². The van der Waals surface area contributed by atoms with E-state index in [1.165, 1.54) is 29.3 Å². The summed E-state index contributed by atoms with van der Waals surface area (Å²) in [6.07, 6.45) is -1.25. The summed E-state index contributed by atoms with van der Waals surface area (Å²) >= 11 is 0. The first-order chi connectivity index (χ1) is 19.8. The zero-order valence-electron chi connectivity index (χ0n) is 22.9. The Labute approximate surface area is 241 Å². The molecule has 9 nitrogen and oxygen atoms in total. The van der Waals surface area contributed by atoms with E-state index in [9.17, 15) is 31.2 Å². The third kappa shape index (κ3) is 6.68. The number of halogens is 3. The first-order valence-corrected chi connectivity index (χ1v) is 14.3. The van der Waals surface area contributed by atoms with Crippen LogP contribution in [0.15, 0.2) is 88.0 Å². The van der Waals surface area contributed by atoms with Gasteiger partial charge in [0.05, 0.1) is 11.2 Å². The molecule has 0 atom stereocenters. The molecule has 1 aromatic heterocycles. The molecule has 220 valence electrons. The number of hydrogen-bond acceptors (Lipinski definition) is 6. The molecule has 0 bridgehead atoms. The van der Waals surface area contributed by atoms with Gasteiger partial charge in [-0.25, -0.2) is 8.42 Å². The van der Waals surface area contributed by atoms with Crippen LogP contribution in [0, 0.1) is 6.92 Å². The van der Waals surface area contributed by atoms with Crippen LogP contribution in [0.3, 0.4) is 0 Å². The molecule has 1 aliphatic heterocycles. The number of carbonyl (C=O) groups is 2. The number of fused-ring (bicyclic) bond motifs is 1. The number of carbonyl (C=O) groups excluding carboxylic acids is 2. The predicted octanol–water partition coefficient (Wildman–Crippen LogP) is 4.72. The number of alkyl halides is 3. The van der Waals surface area contributed by atoms with Gasteiger partial charge >= 0.3 is 6.18 Å². The number of hydrogen-bond donors (Lipinski definition) is 1. The lowest BCUT2D eigenvalue weighted by atomic mass is 10.1. The first-order valence-electron chi connectivity index (χ1n) is 12.8. The topological polar surface area (TPSA) is 112 Å². The summed E-state index contributed by atoms with van der Waals surface area (Å²) in [5, 5.41) is 0.682. The number of aromatic nitrogens is 1. The molecule has 13 heteroatoms. The number of rotatable bonds is 7. The lowest BCUT2D eigenvalue weighted by Gasteiger charge is -2.34. The molecule has 42 heavy (non-hydrogen) atoms. The second-order valence-corrected chi connectivity index (χ2v) is 11.3. The summed E-state index contributed by atoms with van der Waals surface area (Å²) in [6.45, 7) is 6.52. The predicted molar refractivity (Wildman–Crippen MR) is 154 cm³/mol. The van der Waals surface area contributed by atoms with Crippen LogP contribution in [0.4, 0.5) is 18.9 Å². The fourth-order valence-electron chi connectivity index (χ4n) is 4.35. The van der Waals surface area contributed by atoms with Crippen molar-refractivity contribution >= 4 is 45.1 Å². The molecule has 1 saturated heterocycles. The van der Waals surface area contributed by atoms with Crippen molar-refractivity contribution in [2.75, 3.05) is 30.9 Å². The van der Waals surface area contributed by atoms with Crippen molar-refractivity contribution in [3.8, 4) is 0 Å². The average molecular weight is 600 g/mol. The Balaban J connectivity index is 1.42. The summed E-state index contributed by atoms with van der Waals surface area (Å²) in [4.78, 5) is 36.7. The maximum absolute atomic E-state index is 13.2. The molecule has 0 aliphatic carbocycles. The molecule has 4 rings (SSSR count). The van der Waals surface area contributed by atoms with Gasteiger partial charge in [0, 0.05) is 48.9 Å². The smallest absolute Gasteiger partial charge is 0.335 e. The normalized spacial score (nSPS) is 15.1. The number of anilines is 1. The minimum absolute atomic E-state index is 0.0312. The first kappa shape index (κ1) is 30.4. The molecule has 2 amide bonds. The number of aliphatic imine (C=N–C) groups is 1. The maximum atomic E-state index is 13.2. The third-order valence-electron chi connectivity index (χ3n) is 6.78. The van der Waals surface area contributed by atoms with Crippen molar-refractivity contribution in [2.45, 2.75) is 24.9 Å². The summed E-state index contributed by atoms with van der Waals surface area (Å²) in [7, 11) is -3.98. The van der Waals surface area contributed by atoms with Gasteiger partial charge in [-0.2, -0.15) is 13.2 Å². The average Bonchev–Trinajstić information content (AvgIpc) is 2.97. The highest BCUT2D eigenvalue weighted by Gasteiger charge is 2.30. The highest BCUT2D eigenvalue weighted by molar-refractivity contribution is 7.93. The molecule has 1 aliphatic rings. The van der Waals surface area contributed by atoms with Gasteiger partial charge in [-0.1, -0.05) is 24.3 Å². The fourth-order valence-corrected chi connectivity index (χ4v) is 5.66. The summed E-state index contributed by atoms with van der Waals surface area (Å²) in [5.74, 6) is -0.892. The van der Waals surface area contributed by atoms with Crippen molar-refractivity contribution in [3.63, 3.8) is 0 Å². The summed E-state index contributed by atoms with van der Waals surface area (Å²) in [5.41, 5.74) is 0.399. The zero-order chi connectivity index (χ0) is 30.7. The van der Waals surface area contributed by atoms with Gasteiger partial charge in [-0.3, -0.25) is 24.3 Å². The minimum Gasteiger partial charge on any atom is -0.335 e. The van der Waals surface area contributed by atoms with E-state index in [4.69, 9.17) is 0 Å². The van der Waals surface area contributed by atoms with Gasteiger partial charge in [0.25, 0.3) is 21.8 Å². The van der Waals surface area contributed by atoms with Crippen LogP contribution in [0.1, 0.15) is 22.8 Å². The van der Waals surface area contributed by atoms with Gasteiger partial charge in [-0.05, 0) is 62.5 Å². The van der Waals surface area contributed by atoms with E-state index in [1.54, 1.807) is 42.2 Å². The van der Waals surface area contributed by atoms with Crippen LogP contribution < -0.4 is 4.72 Å². The number of nitrogens with zero attached hydrogens (tertiary/aromatic N) is 4. The second kappa shape index (κ2) is 12.1. The highest BCUT2D eigenvalue weighted by Crippen LogP contribution is 2.27. The van der Waals surface area contributed by atoms with Gasteiger partial charge in [0.15, 0.2) is 0 Å². The Morgan fingerprint density at radius 3 is 2.33 bits per heavy atom. The molecule has 2 heterocycles. The Kier molecular flexibility index (Phi) is 8.81. The van der Waals surface area contributed by atoms with Crippen molar-refractivity contribution < 1.29 is 31.2 Å². The Morgan fingerprint density at radius 2 is 1.69 bits per heavy atom. The van der Waals surface area contributed by atoms with Gasteiger partial charge in [0.2, 0.25) is 0 Å². The number of para-hydroxylation sites is 1. The maximum Gasteiger partial charge on any atom is 0.412 e. The Hall–Kier alpha value is -4.52. The summed E-state index contributed by atoms with van der Waals surface area (Å²) in [6, 6.07) is 13.0. The number of sulfonamides is 1. The van der Waals surface area contributed by atoms with E-state index in [-0.39, 0.29) is 42.7 Å². The quantitative estimate of drug-likeness (QED) is 0.240. The van der Waals surface area contributed by atoms with Crippen LogP contribution in [-0.4, -0.2) is 74.1 Å². The largest absolute Gasteiger partial charge is 0.412 e. The van der Waals surface area contributed by atoms with Crippen LogP contribution >= 0.6 is 0 Å². The van der Waals surface area contributed by atoms with E-state index in [1.807, 2.05) is 0 Å². The van der Waals surface area contributed by atoms with Crippen molar-refractivity contribution in [1.82, 2.24) is 14.8 Å². The van der Waals surface area contributed by atoms with Crippen LogP contribution in [-0.2, 0) is 14.8 Å². The van der Waals surface area contributed by atoms with E-state index < -0.39 is 27.7 Å². The number of piperazine rings is 1. The number of allylic oxidation sites excluding steroid dienone is 3. The van der Waals surface area contributed by atoms with Gasteiger partial charge in [-0.15, -0.1) is 0 Å². The lowest BCUT2D eigenvalue weighted by Crippen LogP contribution is -2.50. The molecule has 1 fully saturated rings. The van der Waals surface area contributed by atoms with Gasteiger partial charge < -0.3 is 9.80 Å². The molecule has 2 aromatic carbocycles. The van der Waals surface area contributed by atoms with E-state index in [0.717, 1.165) is 19.1 Å². The number of amides is 2. The van der Waals surface area contributed by atoms with Crippen molar-refractivity contribution in [1.29, 1.82) is 0 Å². The third-order valence-corrected chi connectivity index (χ3v) is 8.18. The van der Waals surface area contributed by atoms with E-state index in [0.29, 0.717) is 27.7 Å². The van der Waals surface area contributed by atoms with Crippen LogP contribution in [0.5, 0.6) is 0 Å². The van der Waals surface area contributed by atoms with E-state index >= 15 is 0 Å². The Morgan fingerprint density at radius 1 is 1.02 bits per heavy atom. The number of benzene rings is 2. The minimum atomic E-state index is -4.52. The van der Waals surface area contributed by atoms with Gasteiger partial charge in [0.1, 0.15) is 10.6 Å². The van der Waals surface area contributed by atoms with Crippen molar-refractivity contribution in [2.24, 2.45) is 4.99 Å². The molecule has 0 spiro atoms. The van der Waals surface area contributed by atoms with Crippen LogP contribution in [0.25, 0.3) is 10.9 Å². The molecule has 0 unspecified atom stereocenters. The summed E-state index contributed by atoms with van der Waals surface area (Å²) < 4.78 is 67.2. The monoisotopic (exact) mass is 599 g/mol. The fraction of sp³-hybridized carbons (Fsp3) is 0.241. The molecular formula is C29H28F3N5O4S. The molecule has 1 N–H and O–H groups in total. The molecule has 0 saturated carbocycles. The lowest BCUT2D eigenvalue weighted by molar-refractivity contribution is -0.128. The number of pyridine rings is 1.